The molecule has 3 fully saturated rings. The van der Waals surface area contributed by atoms with E-state index >= 15 is 0 Å². The van der Waals surface area contributed by atoms with Gasteiger partial charge in [0.05, 0.1) is 17.9 Å². The molecule has 2 aliphatic heterocycles. The van der Waals surface area contributed by atoms with Crippen LogP contribution >= 0.6 is 0 Å². The standard InChI is InChI=1S/C34H46N6O6S/c1-38-18-4-7-29(38)33(42)46-26-14-19-39(20-15-26)32(41)24-9-11-25(12-10-24)36-34-35-17-13-31(37-34)40-21-16-27-28(40)6-3-8-30(27)45-22-5-23-47(2,43)44/h3,6,8,13,16-17,21,24-26,29H,4-5,7,9-12,14-15,18-20,22-23H2,1-2H3,(H,35,36,37)/t24-,25-,29-/m0/s1. The number of benzene rings is 1. The molecule has 0 radical (unpaired) electrons. The Hall–Kier alpha value is -3.71. The quantitative estimate of drug-likeness (QED) is 0.238. The van der Waals surface area contributed by atoms with Crippen molar-refractivity contribution in [3.8, 4) is 11.6 Å². The fraction of sp³-hybridized carbons (Fsp3) is 0.588. The minimum atomic E-state index is -3.02. The van der Waals surface area contributed by atoms with Crippen molar-refractivity contribution >= 4 is 38.6 Å². The molecule has 6 rings (SSSR count). The third-order valence-corrected chi connectivity index (χ3v) is 10.8. The van der Waals surface area contributed by atoms with Crippen molar-refractivity contribution in [2.45, 2.75) is 76.0 Å². The fourth-order valence-corrected chi connectivity index (χ4v) is 7.73. The molecule has 13 heteroatoms. The van der Waals surface area contributed by atoms with Crippen LogP contribution in [0.3, 0.4) is 0 Å². The van der Waals surface area contributed by atoms with Crippen LogP contribution in [0.15, 0.2) is 42.7 Å². The van der Waals surface area contributed by atoms with Gasteiger partial charge in [0, 0.05) is 61.9 Å². The molecule has 12 nitrogen and oxygen atoms in total. The highest BCUT2D eigenvalue weighted by molar-refractivity contribution is 7.90. The van der Waals surface area contributed by atoms with E-state index in [-0.39, 0.29) is 41.7 Å². The Kier molecular flexibility index (Phi) is 10.3. The number of sulfone groups is 1. The topological polar surface area (TPSA) is 136 Å². The van der Waals surface area contributed by atoms with E-state index in [1.54, 1.807) is 6.20 Å². The van der Waals surface area contributed by atoms with E-state index in [0.29, 0.717) is 50.7 Å². The number of esters is 1. The highest BCUT2D eigenvalue weighted by Gasteiger charge is 2.35. The van der Waals surface area contributed by atoms with Crippen molar-refractivity contribution in [3.05, 3.63) is 42.7 Å². The van der Waals surface area contributed by atoms with Crippen molar-refractivity contribution in [1.82, 2.24) is 24.3 Å². The van der Waals surface area contributed by atoms with E-state index < -0.39 is 9.84 Å². The van der Waals surface area contributed by atoms with Crippen molar-refractivity contribution in [2.75, 3.05) is 50.6 Å². The van der Waals surface area contributed by atoms with E-state index in [1.165, 1.54) is 6.26 Å². The van der Waals surface area contributed by atoms with Crippen LogP contribution in [0.1, 0.15) is 57.8 Å². The van der Waals surface area contributed by atoms with Crippen molar-refractivity contribution in [3.63, 3.8) is 0 Å². The largest absolute Gasteiger partial charge is 0.493 e. The van der Waals surface area contributed by atoms with Crippen LogP contribution in [0.4, 0.5) is 5.95 Å². The molecule has 0 unspecified atom stereocenters. The number of likely N-dealkylation sites (tertiary alicyclic amines) is 2. The lowest BCUT2D eigenvalue weighted by atomic mass is 9.85. The molecule has 0 bridgehead atoms. The van der Waals surface area contributed by atoms with Gasteiger partial charge < -0.3 is 24.3 Å². The number of amides is 1. The van der Waals surface area contributed by atoms with E-state index in [2.05, 4.69) is 15.2 Å². The number of anilines is 1. The van der Waals surface area contributed by atoms with Gasteiger partial charge in [0.25, 0.3) is 0 Å². The molecular formula is C34H46N6O6S. The van der Waals surface area contributed by atoms with Gasteiger partial charge in [0.2, 0.25) is 11.9 Å². The van der Waals surface area contributed by atoms with Gasteiger partial charge in [0.1, 0.15) is 33.6 Å². The summed E-state index contributed by atoms with van der Waals surface area (Å²) in [6, 6.07) is 9.68. The first-order valence-corrected chi connectivity index (χ1v) is 18.9. The average Bonchev–Trinajstić information content (AvgIpc) is 3.70. The zero-order valence-electron chi connectivity index (χ0n) is 27.3. The Balaban J connectivity index is 0.981. The van der Waals surface area contributed by atoms with E-state index in [0.717, 1.165) is 61.8 Å². The number of hydrogen-bond acceptors (Lipinski definition) is 10. The smallest absolute Gasteiger partial charge is 0.323 e. The molecule has 0 spiro atoms. The normalized spacial score (nSPS) is 22.8. The van der Waals surface area contributed by atoms with Crippen LogP contribution in [0.25, 0.3) is 16.7 Å². The number of nitrogens with zero attached hydrogens (tertiary/aromatic N) is 5. The number of hydrogen-bond donors (Lipinski definition) is 1. The second-order valence-electron chi connectivity index (χ2n) is 13.2. The van der Waals surface area contributed by atoms with Gasteiger partial charge in [-0.15, -0.1) is 0 Å². The molecule has 47 heavy (non-hydrogen) atoms. The molecule has 3 aromatic rings. The maximum Gasteiger partial charge on any atom is 0.323 e. The third-order valence-electron chi connectivity index (χ3n) is 9.74. The summed E-state index contributed by atoms with van der Waals surface area (Å²) in [4.78, 5) is 39.2. The SMILES string of the molecule is CN1CCC[C@H]1C(=O)OC1CCN(C(=O)[C@H]2CC[C@H](Nc3nccc(-n4ccc5c(OCCCS(C)(=O)=O)cccc54)n3)CC2)CC1. The van der Waals surface area contributed by atoms with Crippen molar-refractivity contribution < 1.29 is 27.5 Å². The predicted octanol–water partition coefficient (Wildman–Crippen LogP) is 3.83. The summed E-state index contributed by atoms with van der Waals surface area (Å²) in [6.07, 6.45) is 11.9. The van der Waals surface area contributed by atoms with E-state index in [1.807, 2.05) is 53.0 Å². The molecule has 1 atom stereocenters. The zero-order chi connectivity index (χ0) is 33.0. The summed E-state index contributed by atoms with van der Waals surface area (Å²) < 4.78 is 36.6. The average molecular weight is 667 g/mol. The summed E-state index contributed by atoms with van der Waals surface area (Å²) in [5.41, 5.74) is 0.929. The number of nitrogens with one attached hydrogen (secondary N) is 1. The second kappa shape index (κ2) is 14.6. The molecule has 2 saturated heterocycles. The van der Waals surface area contributed by atoms with Gasteiger partial charge in [-0.25, -0.2) is 13.4 Å². The molecule has 3 aliphatic rings. The van der Waals surface area contributed by atoms with Crippen LogP contribution in [0.2, 0.25) is 0 Å². The van der Waals surface area contributed by atoms with Gasteiger partial charge in [-0.1, -0.05) is 6.07 Å². The monoisotopic (exact) mass is 666 g/mol. The minimum Gasteiger partial charge on any atom is -0.493 e. The molecule has 1 saturated carbocycles. The molecule has 2 aromatic heterocycles. The van der Waals surface area contributed by atoms with Crippen molar-refractivity contribution in [1.29, 1.82) is 0 Å². The maximum absolute atomic E-state index is 13.4. The van der Waals surface area contributed by atoms with Crippen molar-refractivity contribution in [2.24, 2.45) is 5.92 Å². The van der Waals surface area contributed by atoms with Crippen LogP contribution in [-0.2, 0) is 24.2 Å². The number of rotatable bonds is 11. The molecule has 1 amide bonds. The summed E-state index contributed by atoms with van der Waals surface area (Å²) in [7, 11) is -1.05. The minimum absolute atomic E-state index is 0.0144. The number of carbonyl (C=O) groups excluding carboxylic acids is 2. The first-order chi connectivity index (χ1) is 22.6. The summed E-state index contributed by atoms with van der Waals surface area (Å²) >= 11 is 0. The molecule has 4 heterocycles. The number of piperidine rings is 1. The zero-order valence-corrected chi connectivity index (χ0v) is 28.2. The van der Waals surface area contributed by atoms with Gasteiger partial charge in [-0.2, -0.15) is 4.98 Å². The Labute approximate surface area is 276 Å². The Morgan fingerprint density at radius 2 is 1.79 bits per heavy atom. The number of fused-ring (bicyclic) bond motifs is 1. The van der Waals surface area contributed by atoms with Gasteiger partial charge in [0.15, 0.2) is 0 Å². The Morgan fingerprint density at radius 1 is 1.00 bits per heavy atom. The lowest BCUT2D eigenvalue weighted by Gasteiger charge is -2.36. The Morgan fingerprint density at radius 3 is 2.51 bits per heavy atom. The number of likely N-dealkylation sites (N-methyl/N-ethyl adjacent to an activating group) is 1. The lowest BCUT2D eigenvalue weighted by Crippen LogP contribution is -2.46. The van der Waals surface area contributed by atoms with Crippen LogP contribution in [0, 0.1) is 5.92 Å². The molecule has 254 valence electrons. The first-order valence-electron chi connectivity index (χ1n) is 16.8. The summed E-state index contributed by atoms with van der Waals surface area (Å²) in [5.74, 6) is 2.19. The Bertz CT molecular complexity index is 1660. The third kappa shape index (κ3) is 8.24. The number of carbonyl (C=O) groups is 2. The molecule has 1 N–H and O–H groups in total. The molecule has 1 aromatic carbocycles. The van der Waals surface area contributed by atoms with Gasteiger partial charge in [-0.05, 0) is 82.8 Å². The highest BCUT2D eigenvalue weighted by Crippen LogP contribution is 2.31. The van der Waals surface area contributed by atoms with Crippen LogP contribution in [-0.4, -0.2) is 108 Å². The fourth-order valence-electron chi connectivity index (χ4n) is 7.09. The second-order valence-corrected chi connectivity index (χ2v) is 15.5. The summed E-state index contributed by atoms with van der Waals surface area (Å²) in [6.45, 7) is 2.54. The number of ether oxygens (including phenoxy) is 2. The molecule has 1 aliphatic carbocycles. The predicted molar refractivity (Wildman–Crippen MR) is 179 cm³/mol. The van der Waals surface area contributed by atoms with Crippen LogP contribution < -0.4 is 10.1 Å². The lowest BCUT2D eigenvalue weighted by molar-refractivity contribution is -0.157. The van der Waals surface area contributed by atoms with E-state index in [4.69, 9.17) is 14.5 Å². The number of aromatic nitrogens is 3. The van der Waals surface area contributed by atoms with Gasteiger partial charge >= 0.3 is 5.97 Å². The van der Waals surface area contributed by atoms with E-state index in [9.17, 15) is 18.0 Å². The first kappa shape index (κ1) is 33.2. The highest BCUT2D eigenvalue weighted by atomic mass is 32.2. The molecular weight excluding hydrogens is 620 g/mol. The summed E-state index contributed by atoms with van der Waals surface area (Å²) in [5, 5.41) is 4.41. The van der Waals surface area contributed by atoms with Crippen LogP contribution in [0.5, 0.6) is 5.75 Å². The van der Waals surface area contributed by atoms with Gasteiger partial charge in [-0.3, -0.25) is 14.5 Å². The maximum atomic E-state index is 13.4.